The zero-order valence-corrected chi connectivity index (χ0v) is 9.70. The van der Waals surface area contributed by atoms with Crippen molar-refractivity contribution in [2.24, 2.45) is 0 Å². The second-order valence-corrected chi connectivity index (χ2v) is 3.67. The Morgan fingerprint density at radius 1 is 1.28 bits per heavy atom. The summed E-state index contributed by atoms with van der Waals surface area (Å²) < 4.78 is 40.1. The molecule has 2 aromatic rings. The highest BCUT2D eigenvalue weighted by Crippen LogP contribution is 2.34. The maximum atomic E-state index is 12.9. The molecule has 0 aliphatic carbocycles. The van der Waals surface area contributed by atoms with Crippen molar-refractivity contribution in [1.82, 2.24) is 9.55 Å². The zero-order chi connectivity index (χ0) is 13.2. The molecule has 6 heteroatoms. The number of halogens is 3. The summed E-state index contributed by atoms with van der Waals surface area (Å²) in [6, 6.07) is 5.42. The maximum Gasteiger partial charge on any atom is 0.418 e. The molecule has 18 heavy (non-hydrogen) atoms. The Kier molecular flexibility index (Phi) is 3.27. The van der Waals surface area contributed by atoms with Crippen LogP contribution in [0.4, 0.5) is 19.1 Å². The Morgan fingerprint density at radius 2 is 2.00 bits per heavy atom. The number of nitrogens with one attached hydrogen (secondary N) is 1. The smallest absolute Gasteiger partial charge is 0.356 e. The van der Waals surface area contributed by atoms with Gasteiger partial charge in [0.05, 0.1) is 11.3 Å². The van der Waals surface area contributed by atoms with Crippen LogP contribution < -0.4 is 5.32 Å². The normalized spacial score (nSPS) is 11.6. The fourth-order valence-electron chi connectivity index (χ4n) is 1.71. The van der Waals surface area contributed by atoms with E-state index in [2.05, 4.69) is 10.3 Å². The Morgan fingerprint density at radius 3 is 2.67 bits per heavy atom. The second-order valence-electron chi connectivity index (χ2n) is 3.67. The lowest BCUT2D eigenvalue weighted by molar-refractivity contribution is -0.137. The molecule has 1 N–H and O–H groups in total. The van der Waals surface area contributed by atoms with Crippen LogP contribution in [0.2, 0.25) is 0 Å². The summed E-state index contributed by atoms with van der Waals surface area (Å²) >= 11 is 0. The van der Waals surface area contributed by atoms with Crippen molar-refractivity contribution >= 4 is 5.95 Å². The number of benzene rings is 1. The minimum Gasteiger partial charge on any atom is -0.356 e. The monoisotopic (exact) mass is 255 g/mol. The minimum absolute atomic E-state index is 0.0680. The molecule has 1 aromatic heterocycles. The quantitative estimate of drug-likeness (QED) is 0.911. The Hall–Kier alpha value is -1.98. The second kappa shape index (κ2) is 4.72. The van der Waals surface area contributed by atoms with Gasteiger partial charge in [-0.2, -0.15) is 13.2 Å². The molecule has 1 heterocycles. The molecular weight excluding hydrogens is 243 g/mol. The van der Waals surface area contributed by atoms with E-state index in [-0.39, 0.29) is 5.69 Å². The Bertz CT molecular complexity index is 531. The molecule has 0 spiro atoms. The third-order valence-corrected chi connectivity index (χ3v) is 2.44. The van der Waals surface area contributed by atoms with Crippen LogP contribution in [-0.4, -0.2) is 16.1 Å². The number of rotatable bonds is 3. The van der Waals surface area contributed by atoms with Gasteiger partial charge in [-0.3, -0.25) is 4.57 Å². The first-order valence-corrected chi connectivity index (χ1v) is 5.48. The standard InChI is InChI=1S/C12H12F3N3/c1-2-16-11-17-7-8-18(11)10-6-4-3-5-9(10)12(13,14)15/h3-8H,2H2,1H3,(H,16,17). The molecule has 0 amide bonds. The predicted octanol–water partition coefficient (Wildman–Crippen LogP) is 3.32. The molecule has 1 aromatic carbocycles. The summed E-state index contributed by atoms with van der Waals surface area (Å²) in [4.78, 5) is 3.99. The fraction of sp³-hybridized carbons (Fsp3) is 0.250. The molecular formula is C12H12F3N3. The van der Waals surface area contributed by atoms with Crippen LogP contribution in [0.3, 0.4) is 0 Å². The highest BCUT2D eigenvalue weighted by molar-refractivity contribution is 5.48. The van der Waals surface area contributed by atoms with Gasteiger partial charge in [0.2, 0.25) is 5.95 Å². The summed E-state index contributed by atoms with van der Waals surface area (Å²) in [6.45, 7) is 2.44. The molecule has 0 fully saturated rings. The Labute approximate surface area is 102 Å². The average molecular weight is 255 g/mol. The van der Waals surface area contributed by atoms with Crippen molar-refractivity contribution in [1.29, 1.82) is 0 Å². The van der Waals surface area contributed by atoms with E-state index in [0.29, 0.717) is 12.5 Å². The third kappa shape index (κ3) is 2.32. The van der Waals surface area contributed by atoms with Crippen LogP contribution in [0.1, 0.15) is 12.5 Å². The number of alkyl halides is 3. The van der Waals surface area contributed by atoms with E-state index in [1.165, 1.54) is 29.1 Å². The molecule has 0 bridgehead atoms. The zero-order valence-electron chi connectivity index (χ0n) is 9.70. The predicted molar refractivity (Wildman–Crippen MR) is 62.7 cm³/mol. The molecule has 0 saturated heterocycles. The van der Waals surface area contributed by atoms with Gasteiger partial charge in [-0.25, -0.2) is 4.98 Å². The molecule has 0 aliphatic heterocycles. The van der Waals surface area contributed by atoms with E-state index in [1.807, 2.05) is 6.92 Å². The number of para-hydroxylation sites is 1. The van der Waals surface area contributed by atoms with Crippen molar-refractivity contribution in [3.63, 3.8) is 0 Å². The largest absolute Gasteiger partial charge is 0.418 e. The lowest BCUT2D eigenvalue weighted by atomic mass is 10.1. The first-order valence-electron chi connectivity index (χ1n) is 5.48. The van der Waals surface area contributed by atoms with Crippen molar-refractivity contribution in [2.75, 3.05) is 11.9 Å². The van der Waals surface area contributed by atoms with Gasteiger partial charge in [-0.1, -0.05) is 12.1 Å². The molecule has 3 nitrogen and oxygen atoms in total. The van der Waals surface area contributed by atoms with Crippen LogP contribution in [0.25, 0.3) is 5.69 Å². The topological polar surface area (TPSA) is 29.9 Å². The van der Waals surface area contributed by atoms with E-state index in [4.69, 9.17) is 0 Å². The van der Waals surface area contributed by atoms with Gasteiger partial charge < -0.3 is 5.32 Å². The van der Waals surface area contributed by atoms with Crippen molar-refractivity contribution < 1.29 is 13.2 Å². The van der Waals surface area contributed by atoms with Gasteiger partial charge in [-0.15, -0.1) is 0 Å². The van der Waals surface area contributed by atoms with Crippen LogP contribution >= 0.6 is 0 Å². The fourth-order valence-corrected chi connectivity index (χ4v) is 1.71. The van der Waals surface area contributed by atoms with Gasteiger partial charge in [0.15, 0.2) is 0 Å². The van der Waals surface area contributed by atoms with Crippen LogP contribution in [-0.2, 0) is 6.18 Å². The molecule has 96 valence electrons. The van der Waals surface area contributed by atoms with Crippen molar-refractivity contribution in [2.45, 2.75) is 13.1 Å². The lowest BCUT2D eigenvalue weighted by Crippen LogP contribution is -2.12. The van der Waals surface area contributed by atoms with Gasteiger partial charge in [0, 0.05) is 18.9 Å². The van der Waals surface area contributed by atoms with E-state index in [9.17, 15) is 13.2 Å². The summed E-state index contributed by atoms with van der Waals surface area (Å²) in [7, 11) is 0. The summed E-state index contributed by atoms with van der Waals surface area (Å²) in [5.41, 5.74) is -0.611. The third-order valence-electron chi connectivity index (χ3n) is 2.44. The van der Waals surface area contributed by atoms with Gasteiger partial charge >= 0.3 is 6.18 Å². The van der Waals surface area contributed by atoms with Gasteiger partial charge in [0.25, 0.3) is 0 Å². The number of hydrogen-bond acceptors (Lipinski definition) is 2. The van der Waals surface area contributed by atoms with Crippen LogP contribution in [0.5, 0.6) is 0 Å². The van der Waals surface area contributed by atoms with E-state index in [0.717, 1.165) is 6.07 Å². The van der Waals surface area contributed by atoms with E-state index >= 15 is 0 Å². The molecule has 0 saturated carbocycles. The van der Waals surface area contributed by atoms with Crippen molar-refractivity contribution in [3.05, 3.63) is 42.2 Å². The molecule has 0 atom stereocenters. The number of aromatic nitrogens is 2. The van der Waals surface area contributed by atoms with E-state index in [1.54, 1.807) is 6.07 Å². The first-order chi connectivity index (χ1) is 8.54. The maximum absolute atomic E-state index is 12.9. The first kappa shape index (κ1) is 12.5. The molecule has 0 radical (unpaired) electrons. The van der Waals surface area contributed by atoms with Gasteiger partial charge in [0.1, 0.15) is 0 Å². The minimum atomic E-state index is -4.38. The summed E-state index contributed by atoms with van der Waals surface area (Å²) in [6.07, 6.45) is -1.42. The molecule has 2 rings (SSSR count). The highest BCUT2D eigenvalue weighted by Gasteiger charge is 2.33. The lowest BCUT2D eigenvalue weighted by Gasteiger charge is -2.15. The summed E-state index contributed by atoms with van der Waals surface area (Å²) in [5, 5.41) is 2.92. The number of hydrogen-bond donors (Lipinski definition) is 1. The average Bonchev–Trinajstić information content (AvgIpc) is 2.77. The van der Waals surface area contributed by atoms with E-state index < -0.39 is 11.7 Å². The Balaban J connectivity index is 2.54. The molecule has 0 unspecified atom stereocenters. The highest BCUT2D eigenvalue weighted by atomic mass is 19.4. The summed E-state index contributed by atoms with van der Waals surface area (Å²) in [5.74, 6) is 0.397. The van der Waals surface area contributed by atoms with Crippen molar-refractivity contribution in [3.8, 4) is 5.69 Å². The number of anilines is 1. The molecule has 0 aliphatic rings. The van der Waals surface area contributed by atoms with Gasteiger partial charge in [-0.05, 0) is 19.1 Å². The number of imidazole rings is 1. The van der Waals surface area contributed by atoms with Crippen LogP contribution in [0.15, 0.2) is 36.7 Å². The van der Waals surface area contributed by atoms with Crippen LogP contribution in [0, 0.1) is 0 Å². The number of nitrogens with zero attached hydrogens (tertiary/aromatic N) is 2. The SMILES string of the molecule is CCNc1nccn1-c1ccccc1C(F)(F)F.